The minimum atomic E-state index is 0.273. The molecule has 3 nitrogen and oxygen atoms in total. The number of ether oxygens (including phenoxy) is 1. The largest absolute Gasteiger partial charge is 0.496 e. The lowest BCUT2D eigenvalue weighted by Crippen LogP contribution is -2.32. The Bertz CT molecular complexity index is 350. The van der Waals surface area contributed by atoms with E-state index in [9.17, 15) is 0 Å². The molecule has 0 aromatic heterocycles. The first kappa shape index (κ1) is 15.0. The zero-order chi connectivity index (χ0) is 13.4. The van der Waals surface area contributed by atoms with E-state index in [1.165, 1.54) is 5.56 Å². The van der Waals surface area contributed by atoms with Crippen LogP contribution in [0, 0.1) is 5.41 Å². The molecule has 0 bridgehead atoms. The minimum Gasteiger partial charge on any atom is -0.496 e. The summed E-state index contributed by atoms with van der Waals surface area (Å²) in [5.41, 5.74) is 7.13. The number of nitrogens with one attached hydrogen (secondary N) is 1. The summed E-state index contributed by atoms with van der Waals surface area (Å²) in [6.07, 6.45) is 2.04. The number of nitrogens with two attached hydrogens (primary N) is 1. The molecule has 0 aliphatic carbocycles. The molecule has 3 N–H and O–H groups in total. The summed E-state index contributed by atoms with van der Waals surface area (Å²) < 4.78 is 5.34. The van der Waals surface area contributed by atoms with Crippen molar-refractivity contribution in [2.75, 3.05) is 26.7 Å². The number of para-hydroxylation sites is 1. The standard InChI is InChI=1S/C15H26N2O/c1-15(2,9-10-16)12-17-11-8-13-6-4-5-7-14(13)18-3/h4-7,17H,8-12,16H2,1-3H3. The monoisotopic (exact) mass is 250 g/mol. The van der Waals surface area contributed by atoms with Crippen molar-refractivity contribution in [3.63, 3.8) is 0 Å². The average Bonchev–Trinajstić information content (AvgIpc) is 2.35. The maximum atomic E-state index is 5.60. The van der Waals surface area contributed by atoms with Crippen LogP contribution in [0.25, 0.3) is 0 Å². The third-order valence-electron chi connectivity index (χ3n) is 3.19. The van der Waals surface area contributed by atoms with Crippen LogP contribution < -0.4 is 15.8 Å². The van der Waals surface area contributed by atoms with E-state index in [2.05, 4.69) is 31.3 Å². The highest BCUT2D eigenvalue weighted by atomic mass is 16.5. The third-order valence-corrected chi connectivity index (χ3v) is 3.19. The zero-order valence-corrected chi connectivity index (χ0v) is 11.8. The summed E-state index contributed by atoms with van der Waals surface area (Å²) in [5, 5.41) is 3.50. The molecule has 0 radical (unpaired) electrons. The van der Waals surface area contributed by atoms with Gasteiger partial charge in [0, 0.05) is 6.54 Å². The normalized spacial score (nSPS) is 11.6. The Morgan fingerprint density at radius 1 is 1.28 bits per heavy atom. The van der Waals surface area contributed by atoms with Gasteiger partial charge in [0.15, 0.2) is 0 Å². The number of methoxy groups -OCH3 is 1. The zero-order valence-electron chi connectivity index (χ0n) is 11.8. The van der Waals surface area contributed by atoms with Crippen LogP contribution in [0.3, 0.4) is 0 Å². The van der Waals surface area contributed by atoms with Gasteiger partial charge in [-0.25, -0.2) is 0 Å². The van der Waals surface area contributed by atoms with Crippen molar-refractivity contribution in [2.45, 2.75) is 26.7 Å². The topological polar surface area (TPSA) is 47.3 Å². The van der Waals surface area contributed by atoms with Gasteiger partial charge in [0.05, 0.1) is 7.11 Å². The summed E-state index contributed by atoms with van der Waals surface area (Å²) in [6.45, 7) is 7.21. The van der Waals surface area contributed by atoms with Gasteiger partial charge in [-0.15, -0.1) is 0 Å². The molecule has 0 unspecified atom stereocenters. The molecular formula is C15H26N2O. The summed E-state index contributed by atoms with van der Waals surface area (Å²) in [6, 6.07) is 8.18. The quantitative estimate of drug-likeness (QED) is 0.695. The summed E-state index contributed by atoms with van der Waals surface area (Å²) in [5.74, 6) is 0.973. The van der Waals surface area contributed by atoms with E-state index in [4.69, 9.17) is 10.5 Å². The van der Waals surface area contributed by atoms with Crippen molar-refractivity contribution < 1.29 is 4.74 Å². The molecule has 1 aromatic rings. The molecule has 0 fully saturated rings. The molecule has 102 valence electrons. The van der Waals surface area contributed by atoms with Crippen molar-refractivity contribution in [1.82, 2.24) is 5.32 Å². The van der Waals surface area contributed by atoms with Gasteiger partial charge >= 0.3 is 0 Å². The van der Waals surface area contributed by atoms with Gasteiger partial charge in [-0.1, -0.05) is 32.0 Å². The molecule has 0 aliphatic rings. The molecule has 3 heteroatoms. The fourth-order valence-corrected chi connectivity index (χ4v) is 2.04. The predicted molar refractivity (Wildman–Crippen MR) is 77.0 cm³/mol. The SMILES string of the molecule is COc1ccccc1CCNCC(C)(C)CCN. The van der Waals surface area contributed by atoms with E-state index in [1.54, 1.807) is 7.11 Å². The summed E-state index contributed by atoms with van der Waals surface area (Å²) >= 11 is 0. The van der Waals surface area contributed by atoms with Gasteiger partial charge in [-0.05, 0) is 43.0 Å². The Labute approximate surface area is 111 Å². The van der Waals surface area contributed by atoms with Gasteiger partial charge in [-0.2, -0.15) is 0 Å². The summed E-state index contributed by atoms with van der Waals surface area (Å²) in [4.78, 5) is 0. The lowest BCUT2D eigenvalue weighted by atomic mass is 9.89. The van der Waals surface area contributed by atoms with Crippen molar-refractivity contribution in [3.05, 3.63) is 29.8 Å². The molecule has 1 rings (SSSR count). The van der Waals surface area contributed by atoms with E-state index in [1.807, 2.05) is 12.1 Å². The van der Waals surface area contributed by atoms with Gasteiger partial charge in [-0.3, -0.25) is 0 Å². The first-order valence-corrected chi connectivity index (χ1v) is 6.62. The first-order valence-electron chi connectivity index (χ1n) is 6.62. The van der Waals surface area contributed by atoms with Gasteiger partial charge < -0.3 is 15.8 Å². The molecule has 0 heterocycles. The van der Waals surface area contributed by atoms with Crippen molar-refractivity contribution in [3.8, 4) is 5.75 Å². The fraction of sp³-hybridized carbons (Fsp3) is 0.600. The lowest BCUT2D eigenvalue weighted by Gasteiger charge is -2.24. The van der Waals surface area contributed by atoms with Gasteiger partial charge in [0.1, 0.15) is 5.75 Å². The molecule has 0 amide bonds. The maximum Gasteiger partial charge on any atom is 0.122 e. The molecule has 0 atom stereocenters. The molecule has 0 spiro atoms. The van der Waals surface area contributed by atoms with Crippen molar-refractivity contribution >= 4 is 0 Å². The molecule has 0 saturated heterocycles. The molecule has 18 heavy (non-hydrogen) atoms. The predicted octanol–water partition coefficient (Wildman–Crippen LogP) is 2.20. The minimum absolute atomic E-state index is 0.273. The highest BCUT2D eigenvalue weighted by molar-refractivity contribution is 5.33. The first-order chi connectivity index (χ1) is 8.59. The van der Waals surface area contributed by atoms with E-state index < -0.39 is 0 Å². The summed E-state index contributed by atoms with van der Waals surface area (Å²) in [7, 11) is 1.72. The Hall–Kier alpha value is -1.06. The Balaban J connectivity index is 2.33. The van der Waals surface area contributed by atoms with Crippen LogP contribution in [0.2, 0.25) is 0 Å². The van der Waals surface area contributed by atoms with Crippen LogP contribution in [0.5, 0.6) is 5.75 Å². The number of benzene rings is 1. The van der Waals surface area contributed by atoms with Crippen LogP contribution >= 0.6 is 0 Å². The van der Waals surface area contributed by atoms with E-state index >= 15 is 0 Å². The van der Waals surface area contributed by atoms with Crippen LogP contribution in [-0.4, -0.2) is 26.7 Å². The van der Waals surface area contributed by atoms with Crippen LogP contribution in [0.1, 0.15) is 25.8 Å². The van der Waals surface area contributed by atoms with E-state index in [-0.39, 0.29) is 5.41 Å². The molecule has 0 saturated carbocycles. The molecular weight excluding hydrogens is 224 g/mol. The second-order valence-corrected chi connectivity index (χ2v) is 5.44. The van der Waals surface area contributed by atoms with Crippen molar-refractivity contribution in [1.29, 1.82) is 0 Å². The Morgan fingerprint density at radius 2 is 2.00 bits per heavy atom. The van der Waals surface area contributed by atoms with Gasteiger partial charge in [0.2, 0.25) is 0 Å². The Kier molecular flexibility index (Phi) is 6.16. The third kappa shape index (κ3) is 5.07. The molecule has 0 aliphatic heterocycles. The number of hydrogen-bond donors (Lipinski definition) is 2. The maximum absolute atomic E-state index is 5.60. The fourth-order valence-electron chi connectivity index (χ4n) is 2.04. The number of hydrogen-bond acceptors (Lipinski definition) is 3. The molecule has 1 aromatic carbocycles. The number of rotatable bonds is 8. The van der Waals surface area contributed by atoms with Crippen LogP contribution in [0.15, 0.2) is 24.3 Å². The second-order valence-electron chi connectivity index (χ2n) is 5.44. The highest BCUT2D eigenvalue weighted by Gasteiger charge is 2.15. The second kappa shape index (κ2) is 7.39. The lowest BCUT2D eigenvalue weighted by molar-refractivity contribution is 0.320. The average molecular weight is 250 g/mol. The van der Waals surface area contributed by atoms with E-state index in [0.717, 1.165) is 38.2 Å². The van der Waals surface area contributed by atoms with Gasteiger partial charge in [0.25, 0.3) is 0 Å². The van der Waals surface area contributed by atoms with Crippen LogP contribution in [-0.2, 0) is 6.42 Å². The van der Waals surface area contributed by atoms with Crippen molar-refractivity contribution in [2.24, 2.45) is 11.1 Å². The Morgan fingerprint density at radius 3 is 2.67 bits per heavy atom. The smallest absolute Gasteiger partial charge is 0.122 e. The van der Waals surface area contributed by atoms with Crippen LogP contribution in [0.4, 0.5) is 0 Å². The van der Waals surface area contributed by atoms with E-state index in [0.29, 0.717) is 0 Å². The highest BCUT2D eigenvalue weighted by Crippen LogP contribution is 2.19.